The van der Waals surface area contributed by atoms with Crippen LogP contribution in [0.4, 0.5) is 0 Å². The number of aliphatic carboxylic acids is 1. The molecule has 122 valence electrons. The first-order valence-corrected chi connectivity index (χ1v) is 7.30. The molecule has 0 radical (unpaired) electrons. The summed E-state index contributed by atoms with van der Waals surface area (Å²) in [5, 5.41) is 14.7. The van der Waals surface area contributed by atoms with E-state index in [0.29, 0.717) is 5.69 Å². The highest BCUT2D eigenvalue weighted by Gasteiger charge is 2.12. The van der Waals surface area contributed by atoms with E-state index in [-0.39, 0.29) is 37.2 Å². The van der Waals surface area contributed by atoms with Crippen molar-refractivity contribution in [2.45, 2.75) is 13.3 Å². The summed E-state index contributed by atoms with van der Waals surface area (Å²) in [6.07, 6.45) is -0.0122. The van der Waals surface area contributed by atoms with Crippen LogP contribution in [0.3, 0.4) is 0 Å². The van der Waals surface area contributed by atoms with E-state index in [4.69, 9.17) is 5.11 Å². The maximum absolute atomic E-state index is 12.0. The number of para-hydroxylation sites is 1. The molecule has 0 fully saturated rings. The molecule has 0 aliphatic carbocycles. The van der Waals surface area contributed by atoms with Crippen LogP contribution in [0.25, 0.3) is 10.9 Å². The van der Waals surface area contributed by atoms with Crippen molar-refractivity contribution in [1.29, 1.82) is 0 Å². The molecule has 7 heteroatoms. The number of hydrogen-bond donors (Lipinski definition) is 4. The van der Waals surface area contributed by atoms with Gasteiger partial charge in [-0.25, -0.2) is 0 Å². The standard InChI is InChI=1S/C16H19N3O4/c1-10(6-15(21)22)8-17-14(20)9-18-16(23)13-7-11-4-2-3-5-12(11)19-13/h2-5,7,10,19H,6,8-9H2,1H3,(H,17,20)(H,18,23)(H,21,22). The highest BCUT2D eigenvalue weighted by atomic mass is 16.4. The van der Waals surface area contributed by atoms with Crippen molar-refractivity contribution < 1.29 is 19.5 Å². The highest BCUT2D eigenvalue weighted by Crippen LogP contribution is 2.14. The Hall–Kier alpha value is -2.83. The van der Waals surface area contributed by atoms with Crippen molar-refractivity contribution in [1.82, 2.24) is 15.6 Å². The third-order valence-electron chi connectivity index (χ3n) is 3.35. The molecule has 4 N–H and O–H groups in total. The van der Waals surface area contributed by atoms with Crippen LogP contribution >= 0.6 is 0 Å². The number of fused-ring (bicyclic) bond motifs is 1. The second-order valence-electron chi connectivity index (χ2n) is 5.46. The van der Waals surface area contributed by atoms with Crippen LogP contribution in [-0.2, 0) is 9.59 Å². The summed E-state index contributed by atoms with van der Waals surface area (Å²) in [6.45, 7) is 1.83. The quantitative estimate of drug-likeness (QED) is 0.613. The van der Waals surface area contributed by atoms with Crippen LogP contribution in [0.2, 0.25) is 0 Å². The molecule has 1 heterocycles. The summed E-state index contributed by atoms with van der Waals surface area (Å²) in [7, 11) is 0. The Bertz CT molecular complexity index is 690. The van der Waals surface area contributed by atoms with E-state index < -0.39 is 5.97 Å². The van der Waals surface area contributed by atoms with Gasteiger partial charge in [-0.15, -0.1) is 0 Å². The van der Waals surface area contributed by atoms with Gasteiger partial charge < -0.3 is 20.7 Å². The minimum absolute atomic E-state index is 0.0122. The Morgan fingerprint density at radius 2 is 1.96 bits per heavy atom. The van der Waals surface area contributed by atoms with Crippen LogP contribution in [0, 0.1) is 5.92 Å². The van der Waals surface area contributed by atoms with Gasteiger partial charge in [-0.3, -0.25) is 14.4 Å². The number of carboxylic acid groups (broad SMARTS) is 1. The van der Waals surface area contributed by atoms with Gasteiger partial charge in [0.25, 0.3) is 5.91 Å². The molecule has 2 aromatic rings. The summed E-state index contributed by atoms with van der Waals surface area (Å²) >= 11 is 0. The van der Waals surface area contributed by atoms with E-state index in [9.17, 15) is 14.4 Å². The topological polar surface area (TPSA) is 111 Å². The fraction of sp³-hybridized carbons (Fsp3) is 0.312. The largest absolute Gasteiger partial charge is 0.481 e. The van der Waals surface area contributed by atoms with Gasteiger partial charge in [-0.1, -0.05) is 25.1 Å². The zero-order valence-electron chi connectivity index (χ0n) is 12.8. The first-order valence-electron chi connectivity index (χ1n) is 7.30. The lowest BCUT2D eigenvalue weighted by Gasteiger charge is -2.10. The molecule has 1 aromatic carbocycles. The molecule has 2 amide bonds. The van der Waals surface area contributed by atoms with Crippen molar-refractivity contribution in [2.24, 2.45) is 5.92 Å². The number of benzene rings is 1. The Kier molecular flexibility index (Phi) is 5.35. The van der Waals surface area contributed by atoms with Crippen molar-refractivity contribution in [3.63, 3.8) is 0 Å². The summed E-state index contributed by atoms with van der Waals surface area (Å²) in [6, 6.07) is 9.22. The molecule has 0 saturated heterocycles. The minimum atomic E-state index is -0.904. The molecule has 1 aromatic heterocycles. The molecule has 0 saturated carbocycles. The fourth-order valence-electron chi connectivity index (χ4n) is 2.17. The lowest BCUT2D eigenvalue weighted by molar-refractivity contribution is -0.138. The van der Waals surface area contributed by atoms with Gasteiger partial charge >= 0.3 is 5.97 Å². The SMILES string of the molecule is CC(CNC(=O)CNC(=O)c1cc2ccccc2[nH]1)CC(=O)O. The number of H-pyrrole nitrogens is 1. The highest BCUT2D eigenvalue weighted by molar-refractivity contribution is 5.99. The van der Waals surface area contributed by atoms with Gasteiger partial charge in [-0.2, -0.15) is 0 Å². The van der Waals surface area contributed by atoms with E-state index in [1.54, 1.807) is 13.0 Å². The number of carboxylic acids is 1. The van der Waals surface area contributed by atoms with E-state index >= 15 is 0 Å². The Morgan fingerprint density at radius 3 is 2.65 bits per heavy atom. The lowest BCUT2D eigenvalue weighted by atomic mass is 10.1. The smallest absolute Gasteiger partial charge is 0.303 e. The normalized spacial score (nSPS) is 11.9. The first-order chi connectivity index (χ1) is 11.0. The van der Waals surface area contributed by atoms with Gasteiger partial charge in [0.2, 0.25) is 5.91 Å². The third-order valence-corrected chi connectivity index (χ3v) is 3.35. The summed E-state index contributed by atoms with van der Waals surface area (Å²) in [5.74, 6) is -1.79. The Morgan fingerprint density at radius 1 is 1.22 bits per heavy atom. The number of nitrogens with one attached hydrogen (secondary N) is 3. The molecule has 0 bridgehead atoms. The summed E-state index contributed by atoms with van der Waals surface area (Å²) < 4.78 is 0. The van der Waals surface area contributed by atoms with Gasteiger partial charge in [0.15, 0.2) is 0 Å². The number of amides is 2. The van der Waals surface area contributed by atoms with E-state index in [1.165, 1.54) is 0 Å². The number of carbonyl (C=O) groups is 3. The molecule has 2 rings (SSSR count). The molecule has 0 spiro atoms. The summed E-state index contributed by atoms with van der Waals surface area (Å²) in [4.78, 5) is 37.2. The Balaban J connectivity index is 1.79. The number of carbonyl (C=O) groups excluding carboxylic acids is 2. The lowest BCUT2D eigenvalue weighted by Crippen LogP contribution is -2.38. The number of aromatic nitrogens is 1. The molecule has 0 aliphatic heterocycles. The van der Waals surface area contributed by atoms with Gasteiger partial charge in [-0.05, 0) is 18.1 Å². The molecule has 7 nitrogen and oxygen atoms in total. The number of rotatable bonds is 7. The molecule has 1 unspecified atom stereocenters. The van der Waals surface area contributed by atoms with Crippen molar-refractivity contribution in [3.8, 4) is 0 Å². The molecular formula is C16H19N3O4. The molecule has 1 atom stereocenters. The monoisotopic (exact) mass is 317 g/mol. The van der Waals surface area contributed by atoms with Crippen molar-refractivity contribution >= 4 is 28.7 Å². The van der Waals surface area contributed by atoms with E-state index in [0.717, 1.165) is 10.9 Å². The van der Waals surface area contributed by atoms with Gasteiger partial charge in [0.05, 0.1) is 6.54 Å². The zero-order chi connectivity index (χ0) is 16.8. The number of hydrogen-bond acceptors (Lipinski definition) is 3. The van der Waals surface area contributed by atoms with Crippen LogP contribution < -0.4 is 10.6 Å². The van der Waals surface area contributed by atoms with Crippen LogP contribution in [-0.4, -0.2) is 41.0 Å². The van der Waals surface area contributed by atoms with Crippen LogP contribution in [0.5, 0.6) is 0 Å². The summed E-state index contributed by atoms with van der Waals surface area (Å²) in [5.41, 5.74) is 1.24. The minimum Gasteiger partial charge on any atom is -0.481 e. The van der Waals surface area contributed by atoms with Crippen LogP contribution in [0.15, 0.2) is 30.3 Å². The molecule has 0 aliphatic rings. The van der Waals surface area contributed by atoms with E-state index in [2.05, 4.69) is 15.6 Å². The van der Waals surface area contributed by atoms with Crippen molar-refractivity contribution in [3.05, 3.63) is 36.0 Å². The third kappa shape index (κ3) is 4.84. The van der Waals surface area contributed by atoms with Crippen molar-refractivity contribution in [2.75, 3.05) is 13.1 Å². The van der Waals surface area contributed by atoms with Crippen LogP contribution in [0.1, 0.15) is 23.8 Å². The predicted octanol–water partition coefficient (Wildman–Crippen LogP) is 1.12. The zero-order valence-corrected chi connectivity index (χ0v) is 12.8. The fourth-order valence-corrected chi connectivity index (χ4v) is 2.17. The molecular weight excluding hydrogens is 298 g/mol. The van der Waals surface area contributed by atoms with E-state index in [1.807, 2.05) is 24.3 Å². The maximum atomic E-state index is 12.0. The predicted molar refractivity (Wildman–Crippen MR) is 85.1 cm³/mol. The average Bonchev–Trinajstić information content (AvgIpc) is 2.94. The maximum Gasteiger partial charge on any atom is 0.303 e. The Labute approximate surface area is 133 Å². The molecule has 23 heavy (non-hydrogen) atoms. The number of aromatic amines is 1. The first kappa shape index (κ1) is 16.5. The second kappa shape index (κ2) is 7.44. The van der Waals surface area contributed by atoms with Gasteiger partial charge in [0, 0.05) is 23.9 Å². The van der Waals surface area contributed by atoms with Gasteiger partial charge in [0.1, 0.15) is 5.69 Å². The average molecular weight is 317 g/mol. The second-order valence-corrected chi connectivity index (χ2v) is 5.46.